The van der Waals surface area contributed by atoms with Crippen LogP contribution in [0.3, 0.4) is 0 Å². The van der Waals surface area contributed by atoms with Gasteiger partial charge < -0.3 is 0 Å². The maximum absolute atomic E-state index is 5.37. The van der Waals surface area contributed by atoms with Gasteiger partial charge in [-0.25, -0.2) is 4.98 Å². The number of fused-ring (bicyclic) bond motifs is 7. The van der Waals surface area contributed by atoms with Gasteiger partial charge in [0.1, 0.15) is 5.82 Å². The molecular weight excluding hydrogens is 757 g/mol. The maximum atomic E-state index is 5.37. The van der Waals surface area contributed by atoms with Crippen molar-refractivity contribution in [1.29, 1.82) is 0 Å². The van der Waals surface area contributed by atoms with Crippen LogP contribution in [0.2, 0.25) is 0 Å². The summed E-state index contributed by atoms with van der Waals surface area (Å²) < 4.78 is 2.48. The average molecular weight is 795 g/mol. The predicted octanol–water partition coefficient (Wildman–Crippen LogP) is 15.8. The van der Waals surface area contributed by atoms with Crippen molar-refractivity contribution in [2.75, 3.05) is 4.90 Å². The standard InChI is InChI=1S/C58H38N2S/c1-5-17-39(18-6-1)40-29-31-46(32-30-40)60(57-37-56-51(38-59-57)50-33-42-21-13-14-22-43(42)34-55(50)61-56)54-36-49-47-27-15-16-28-52(47)58(44-23-9-3-10-24-44,45-25-11-4-12-26-45)53(49)35-48(54)41-19-7-2-8-20-41/h1-38H. The number of hydrogen-bond donors (Lipinski definition) is 0. The molecule has 61 heavy (non-hydrogen) atoms. The van der Waals surface area contributed by atoms with Crippen molar-refractivity contribution in [3.63, 3.8) is 0 Å². The van der Waals surface area contributed by atoms with Crippen molar-refractivity contribution in [1.82, 2.24) is 4.98 Å². The van der Waals surface area contributed by atoms with E-state index in [1.165, 1.54) is 75.5 Å². The van der Waals surface area contributed by atoms with Gasteiger partial charge in [-0.05, 0) is 103 Å². The lowest BCUT2D eigenvalue weighted by molar-refractivity contribution is 0.769. The highest BCUT2D eigenvalue weighted by Gasteiger charge is 2.46. The third-order valence-electron chi connectivity index (χ3n) is 12.6. The molecule has 0 saturated heterocycles. The van der Waals surface area contributed by atoms with Crippen LogP contribution >= 0.6 is 11.3 Å². The van der Waals surface area contributed by atoms with Crippen LogP contribution in [0, 0.1) is 0 Å². The average Bonchev–Trinajstić information content (AvgIpc) is 3.84. The minimum absolute atomic E-state index is 0.531. The van der Waals surface area contributed by atoms with Gasteiger partial charge in [-0.2, -0.15) is 0 Å². The Hall–Kier alpha value is -7.59. The fourth-order valence-corrected chi connectivity index (χ4v) is 10.9. The fourth-order valence-electron chi connectivity index (χ4n) is 9.81. The number of pyridine rings is 1. The molecule has 0 saturated carbocycles. The van der Waals surface area contributed by atoms with Gasteiger partial charge in [0.25, 0.3) is 0 Å². The van der Waals surface area contributed by atoms with Crippen LogP contribution in [0.25, 0.3) is 64.3 Å². The molecule has 11 aromatic rings. The summed E-state index contributed by atoms with van der Waals surface area (Å²) in [4.78, 5) is 7.75. The van der Waals surface area contributed by atoms with Gasteiger partial charge in [-0.15, -0.1) is 11.3 Å². The van der Waals surface area contributed by atoms with Crippen LogP contribution in [0.15, 0.2) is 231 Å². The number of benzene rings is 9. The topological polar surface area (TPSA) is 16.1 Å². The number of rotatable bonds is 7. The minimum atomic E-state index is -0.531. The Kier molecular flexibility index (Phi) is 8.29. The lowest BCUT2D eigenvalue weighted by Crippen LogP contribution is -2.28. The van der Waals surface area contributed by atoms with E-state index in [9.17, 15) is 0 Å². The highest BCUT2D eigenvalue weighted by molar-refractivity contribution is 7.25. The summed E-state index contributed by atoms with van der Waals surface area (Å²) in [7, 11) is 0. The molecular formula is C58H38N2S. The summed E-state index contributed by atoms with van der Waals surface area (Å²) in [6.07, 6.45) is 2.09. The Morgan fingerprint density at radius 3 is 1.64 bits per heavy atom. The van der Waals surface area contributed by atoms with Gasteiger partial charge in [-0.1, -0.05) is 182 Å². The zero-order valence-corrected chi connectivity index (χ0v) is 34.1. The normalized spacial score (nSPS) is 12.7. The third kappa shape index (κ3) is 5.66. The van der Waals surface area contributed by atoms with E-state index in [0.717, 1.165) is 28.3 Å². The van der Waals surface area contributed by atoms with Crippen molar-refractivity contribution in [3.8, 4) is 33.4 Å². The molecule has 0 unspecified atom stereocenters. The van der Waals surface area contributed by atoms with E-state index in [4.69, 9.17) is 4.98 Å². The third-order valence-corrected chi connectivity index (χ3v) is 13.7. The molecule has 12 rings (SSSR count). The van der Waals surface area contributed by atoms with Gasteiger partial charge in [0.2, 0.25) is 0 Å². The Morgan fingerprint density at radius 1 is 0.393 bits per heavy atom. The molecule has 2 heterocycles. The summed E-state index contributed by atoms with van der Waals surface area (Å²) in [5, 5.41) is 4.92. The first-order valence-corrected chi connectivity index (χ1v) is 21.7. The van der Waals surface area contributed by atoms with Crippen LogP contribution in [-0.4, -0.2) is 4.98 Å². The van der Waals surface area contributed by atoms with Gasteiger partial charge >= 0.3 is 0 Å². The second kappa shape index (κ2) is 14.3. The predicted molar refractivity (Wildman–Crippen MR) is 257 cm³/mol. The lowest BCUT2D eigenvalue weighted by atomic mass is 9.67. The fraction of sp³-hybridized carbons (Fsp3) is 0.0172. The number of aromatic nitrogens is 1. The molecule has 0 atom stereocenters. The summed E-state index contributed by atoms with van der Waals surface area (Å²) in [6.45, 7) is 0. The summed E-state index contributed by atoms with van der Waals surface area (Å²) >= 11 is 1.84. The Balaban J connectivity index is 1.15. The number of thiophene rings is 1. The summed E-state index contributed by atoms with van der Waals surface area (Å²) in [5.41, 5.74) is 13.7. The first-order valence-electron chi connectivity index (χ1n) is 20.9. The Morgan fingerprint density at radius 2 is 0.951 bits per heavy atom. The van der Waals surface area contributed by atoms with E-state index in [1.807, 2.05) is 11.3 Å². The highest BCUT2D eigenvalue weighted by Crippen LogP contribution is 2.59. The number of nitrogens with zero attached hydrogens (tertiary/aromatic N) is 2. The summed E-state index contributed by atoms with van der Waals surface area (Å²) in [6, 6.07) is 82.1. The zero-order valence-electron chi connectivity index (χ0n) is 33.2. The molecule has 0 radical (unpaired) electrons. The van der Waals surface area contributed by atoms with Crippen molar-refractivity contribution in [3.05, 3.63) is 253 Å². The maximum Gasteiger partial charge on any atom is 0.138 e. The molecule has 286 valence electrons. The molecule has 0 bridgehead atoms. The van der Waals surface area contributed by atoms with E-state index >= 15 is 0 Å². The molecule has 0 fully saturated rings. The molecule has 2 nitrogen and oxygen atoms in total. The van der Waals surface area contributed by atoms with E-state index in [1.54, 1.807) is 0 Å². The van der Waals surface area contributed by atoms with Crippen LogP contribution < -0.4 is 4.90 Å². The van der Waals surface area contributed by atoms with E-state index in [2.05, 4.69) is 236 Å². The molecule has 0 aliphatic heterocycles. The first kappa shape index (κ1) is 35.4. The molecule has 0 spiro atoms. The van der Waals surface area contributed by atoms with E-state index < -0.39 is 5.41 Å². The first-order chi connectivity index (χ1) is 30.2. The second-order valence-electron chi connectivity index (χ2n) is 15.9. The van der Waals surface area contributed by atoms with Crippen molar-refractivity contribution in [2.24, 2.45) is 0 Å². The van der Waals surface area contributed by atoms with Gasteiger partial charge in [0.15, 0.2) is 0 Å². The molecule has 0 N–H and O–H groups in total. The molecule has 9 aromatic carbocycles. The smallest absolute Gasteiger partial charge is 0.138 e. The Labute approximate surface area is 359 Å². The highest BCUT2D eigenvalue weighted by atomic mass is 32.1. The molecule has 0 amide bonds. The number of anilines is 3. The molecule has 1 aliphatic carbocycles. The summed E-state index contributed by atoms with van der Waals surface area (Å²) in [5.74, 6) is 0.872. The lowest BCUT2D eigenvalue weighted by Gasteiger charge is -2.35. The second-order valence-corrected chi connectivity index (χ2v) is 17.0. The van der Waals surface area contributed by atoms with Crippen molar-refractivity contribution < 1.29 is 0 Å². The van der Waals surface area contributed by atoms with Gasteiger partial charge in [-0.3, -0.25) is 4.90 Å². The van der Waals surface area contributed by atoms with Crippen LogP contribution in [0.5, 0.6) is 0 Å². The van der Waals surface area contributed by atoms with Crippen molar-refractivity contribution >= 4 is 59.5 Å². The molecule has 1 aliphatic rings. The van der Waals surface area contributed by atoms with Crippen LogP contribution in [0.4, 0.5) is 17.2 Å². The monoisotopic (exact) mass is 794 g/mol. The zero-order chi connectivity index (χ0) is 40.3. The molecule has 2 aromatic heterocycles. The van der Waals surface area contributed by atoms with Crippen LogP contribution in [0.1, 0.15) is 22.3 Å². The van der Waals surface area contributed by atoms with E-state index in [0.29, 0.717) is 0 Å². The SMILES string of the molecule is c1ccc(-c2ccc(N(c3cc4sc5cc6ccccc6cc5c4cn3)c3cc4c(cc3-c3ccccc3)C(c3ccccc3)(c3ccccc3)c3ccccc3-4)cc2)cc1. The van der Waals surface area contributed by atoms with Gasteiger partial charge in [0, 0.05) is 37.6 Å². The molecule has 3 heteroatoms. The minimum Gasteiger partial charge on any atom is -0.294 e. The van der Waals surface area contributed by atoms with Crippen molar-refractivity contribution in [2.45, 2.75) is 5.41 Å². The van der Waals surface area contributed by atoms with Crippen LogP contribution in [-0.2, 0) is 5.41 Å². The van der Waals surface area contributed by atoms with E-state index in [-0.39, 0.29) is 0 Å². The Bertz CT molecular complexity index is 3350. The largest absolute Gasteiger partial charge is 0.294 e. The quantitative estimate of drug-likeness (QED) is 0.160. The van der Waals surface area contributed by atoms with Gasteiger partial charge in [0.05, 0.1) is 11.1 Å². The number of hydrogen-bond acceptors (Lipinski definition) is 3.